The van der Waals surface area contributed by atoms with Crippen LogP contribution in [-0.2, 0) is 0 Å². The lowest BCUT2D eigenvalue weighted by Gasteiger charge is -2.22. The van der Waals surface area contributed by atoms with E-state index in [0.717, 1.165) is 67.7 Å². The van der Waals surface area contributed by atoms with Gasteiger partial charge in [-0.1, -0.05) is 12.1 Å². The Morgan fingerprint density at radius 3 is 2.26 bits per heavy atom. The van der Waals surface area contributed by atoms with E-state index in [1.54, 1.807) is 0 Å². The Morgan fingerprint density at radius 2 is 1.57 bits per heavy atom. The minimum absolute atomic E-state index is 0. The summed E-state index contributed by atoms with van der Waals surface area (Å²) in [5.41, 5.74) is 2.74. The summed E-state index contributed by atoms with van der Waals surface area (Å²) in [6.07, 6.45) is 1.88. The standard InChI is InChI=1S/C18H17F2N3O.C6H6F2N2.ClH/c19-12-5-6-15(20)17(11-12)23-16-4-2-1-3-14(16)18(22-23)24-13-7-9-21-10-8-13;7-4-1-2-5(8)6(3-4)10-9;/h1-6,11,13,21H,7-10H2;1-3,10H,9H2;1H. The molecule has 0 unspecified atom stereocenters. The van der Waals surface area contributed by atoms with Crippen molar-refractivity contribution in [2.75, 3.05) is 18.5 Å². The average Bonchev–Trinajstić information content (AvgIpc) is 3.21. The van der Waals surface area contributed by atoms with Crippen LogP contribution in [0.25, 0.3) is 16.6 Å². The molecule has 1 aliphatic heterocycles. The van der Waals surface area contributed by atoms with Gasteiger partial charge in [0.15, 0.2) is 0 Å². The number of nitrogens with zero attached hydrogens (tertiary/aromatic N) is 2. The van der Waals surface area contributed by atoms with Crippen LogP contribution in [0.5, 0.6) is 5.88 Å². The van der Waals surface area contributed by atoms with E-state index >= 15 is 0 Å². The van der Waals surface area contributed by atoms with Crippen molar-refractivity contribution in [3.8, 4) is 11.6 Å². The second kappa shape index (κ2) is 11.9. The summed E-state index contributed by atoms with van der Waals surface area (Å²) in [4.78, 5) is 0. The molecule has 186 valence electrons. The number of hydrazine groups is 1. The molecule has 1 fully saturated rings. The first-order chi connectivity index (χ1) is 16.5. The Bertz CT molecular complexity index is 1280. The maximum Gasteiger partial charge on any atom is 0.241 e. The maximum atomic E-state index is 14.2. The molecular formula is C24H24ClF4N5O. The van der Waals surface area contributed by atoms with Gasteiger partial charge in [0.2, 0.25) is 5.88 Å². The van der Waals surface area contributed by atoms with Crippen molar-refractivity contribution in [2.24, 2.45) is 5.84 Å². The van der Waals surface area contributed by atoms with Crippen LogP contribution < -0.4 is 21.3 Å². The molecule has 11 heteroatoms. The van der Waals surface area contributed by atoms with E-state index < -0.39 is 23.3 Å². The summed E-state index contributed by atoms with van der Waals surface area (Å²) in [5.74, 6) is 3.20. The molecule has 0 bridgehead atoms. The second-order valence-electron chi connectivity index (χ2n) is 7.67. The van der Waals surface area contributed by atoms with Crippen LogP contribution in [0, 0.1) is 23.3 Å². The molecule has 1 saturated heterocycles. The molecule has 0 aliphatic carbocycles. The molecule has 6 nitrogen and oxygen atoms in total. The Labute approximate surface area is 205 Å². The zero-order valence-corrected chi connectivity index (χ0v) is 19.3. The summed E-state index contributed by atoms with van der Waals surface area (Å²) >= 11 is 0. The number of nitrogens with one attached hydrogen (secondary N) is 2. The number of aromatic nitrogens is 2. The zero-order chi connectivity index (χ0) is 24.1. The van der Waals surface area contributed by atoms with Crippen molar-refractivity contribution in [2.45, 2.75) is 18.9 Å². The number of fused-ring (bicyclic) bond motifs is 1. The fourth-order valence-corrected chi connectivity index (χ4v) is 3.64. The summed E-state index contributed by atoms with van der Waals surface area (Å²) in [5, 5.41) is 8.50. The molecule has 0 radical (unpaired) electrons. The smallest absolute Gasteiger partial charge is 0.241 e. The van der Waals surface area contributed by atoms with Crippen LogP contribution in [0.15, 0.2) is 60.7 Å². The highest BCUT2D eigenvalue weighted by molar-refractivity contribution is 5.86. The molecule has 1 aliphatic rings. The van der Waals surface area contributed by atoms with E-state index in [0.29, 0.717) is 11.4 Å². The van der Waals surface area contributed by atoms with Crippen molar-refractivity contribution >= 4 is 29.0 Å². The van der Waals surface area contributed by atoms with Crippen molar-refractivity contribution in [3.05, 3.63) is 83.9 Å². The summed E-state index contributed by atoms with van der Waals surface area (Å²) < 4.78 is 59.9. The third-order valence-corrected chi connectivity index (χ3v) is 5.34. The highest BCUT2D eigenvalue weighted by Crippen LogP contribution is 2.30. The number of benzene rings is 3. The van der Waals surface area contributed by atoms with Crippen LogP contribution in [0.3, 0.4) is 0 Å². The van der Waals surface area contributed by atoms with E-state index in [1.807, 2.05) is 29.7 Å². The number of halogens is 5. The minimum Gasteiger partial charge on any atom is -0.473 e. The minimum atomic E-state index is -0.566. The van der Waals surface area contributed by atoms with Gasteiger partial charge in [-0.05, 0) is 62.3 Å². The van der Waals surface area contributed by atoms with Gasteiger partial charge in [0.1, 0.15) is 35.1 Å². The number of hydrogen-bond donors (Lipinski definition) is 3. The molecule has 0 spiro atoms. The third-order valence-electron chi connectivity index (χ3n) is 5.34. The fraction of sp³-hybridized carbons (Fsp3) is 0.208. The first kappa shape index (κ1) is 26.3. The molecule has 5 rings (SSSR count). The van der Waals surface area contributed by atoms with Crippen LogP contribution >= 0.6 is 12.4 Å². The van der Waals surface area contributed by atoms with Crippen LogP contribution in [0.4, 0.5) is 23.2 Å². The molecule has 3 aromatic carbocycles. The average molecular weight is 510 g/mol. The van der Waals surface area contributed by atoms with E-state index in [1.165, 1.54) is 4.68 Å². The summed E-state index contributed by atoms with van der Waals surface area (Å²) in [6, 6.07) is 13.8. The first-order valence-electron chi connectivity index (χ1n) is 10.7. The number of nitrogens with two attached hydrogens (primary N) is 1. The van der Waals surface area contributed by atoms with Crippen LogP contribution in [0.1, 0.15) is 12.8 Å². The zero-order valence-electron chi connectivity index (χ0n) is 18.5. The molecule has 1 aromatic heterocycles. The van der Waals surface area contributed by atoms with E-state index in [2.05, 4.69) is 10.4 Å². The number of anilines is 1. The molecule has 0 saturated carbocycles. The van der Waals surface area contributed by atoms with Crippen LogP contribution in [-0.4, -0.2) is 29.0 Å². The number of nitrogen functional groups attached to an aromatic ring is 1. The first-order valence-corrected chi connectivity index (χ1v) is 10.7. The third kappa shape index (κ3) is 6.21. The number of piperidine rings is 1. The molecule has 4 N–H and O–H groups in total. The van der Waals surface area contributed by atoms with Gasteiger partial charge in [-0.25, -0.2) is 22.2 Å². The SMILES string of the molecule is Cl.Fc1ccc(F)c(-n2nc(OC3CCNCC3)c3ccccc32)c1.NNc1cc(F)ccc1F. The van der Waals surface area contributed by atoms with Crippen molar-refractivity contribution < 1.29 is 22.3 Å². The molecule has 0 amide bonds. The van der Waals surface area contributed by atoms with Gasteiger partial charge in [-0.2, -0.15) is 0 Å². The van der Waals surface area contributed by atoms with Gasteiger partial charge in [0, 0.05) is 12.1 Å². The molecule has 2 heterocycles. The van der Waals surface area contributed by atoms with Gasteiger partial charge in [0.25, 0.3) is 0 Å². The lowest BCUT2D eigenvalue weighted by atomic mass is 10.1. The quantitative estimate of drug-likeness (QED) is 0.202. The van der Waals surface area contributed by atoms with Crippen molar-refractivity contribution in [1.82, 2.24) is 15.1 Å². The van der Waals surface area contributed by atoms with E-state index in [4.69, 9.17) is 10.6 Å². The largest absolute Gasteiger partial charge is 0.473 e. The lowest BCUT2D eigenvalue weighted by Crippen LogP contribution is -2.34. The predicted molar refractivity (Wildman–Crippen MR) is 129 cm³/mol. The maximum absolute atomic E-state index is 14.2. The van der Waals surface area contributed by atoms with Gasteiger partial charge in [-0.15, -0.1) is 17.5 Å². The molecule has 35 heavy (non-hydrogen) atoms. The number of ether oxygens (including phenoxy) is 1. The molecule has 4 aromatic rings. The van der Waals surface area contributed by atoms with Gasteiger partial charge in [-0.3, -0.25) is 5.84 Å². The van der Waals surface area contributed by atoms with Crippen molar-refractivity contribution in [1.29, 1.82) is 0 Å². The number of rotatable bonds is 4. The topological polar surface area (TPSA) is 77.1 Å². The van der Waals surface area contributed by atoms with E-state index in [9.17, 15) is 17.6 Å². The van der Waals surface area contributed by atoms with Crippen LogP contribution in [0.2, 0.25) is 0 Å². The Hall–Kier alpha value is -3.34. The highest BCUT2D eigenvalue weighted by Gasteiger charge is 2.20. The Kier molecular flexibility index (Phi) is 8.91. The predicted octanol–water partition coefficient (Wildman–Crippen LogP) is 5.11. The lowest BCUT2D eigenvalue weighted by molar-refractivity contribution is 0.157. The molecule has 0 atom stereocenters. The van der Waals surface area contributed by atoms with Gasteiger partial charge in [0.05, 0.1) is 16.6 Å². The number of para-hydroxylation sites is 1. The van der Waals surface area contributed by atoms with Gasteiger partial charge >= 0.3 is 0 Å². The highest BCUT2D eigenvalue weighted by atomic mass is 35.5. The normalized spacial score (nSPS) is 13.5. The summed E-state index contributed by atoms with van der Waals surface area (Å²) in [6.45, 7) is 1.81. The molecular weight excluding hydrogens is 486 g/mol. The second-order valence-corrected chi connectivity index (χ2v) is 7.67. The summed E-state index contributed by atoms with van der Waals surface area (Å²) in [7, 11) is 0. The fourth-order valence-electron chi connectivity index (χ4n) is 3.64. The van der Waals surface area contributed by atoms with Crippen molar-refractivity contribution in [3.63, 3.8) is 0 Å². The Balaban J connectivity index is 0.000000264. The van der Waals surface area contributed by atoms with E-state index in [-0.39, 0.29) is 29.9 Å². The monoisotopic (exact) mass is 509 g/mol. The Morgan fingerprint density at radius 1 is 0.914 bits per heavy atom. The number of hydrogen-bond acceptors (Lipinski definition) is 5. The van der Waals surface area contributed by atoms with Gasteiger partial charge < -0.3 is 15.5 Å².